The summed E-state index contributed by atoms with van der Waals surface area (Å²) in [6.07, 6.45) is -2.69. The molecule has 100 valence electrons. The Morgan fingerprint density at radius 1 is 1.56 bits per heavy atom. The third kappa shape index (κ3) is 2.50. The SMILES string of the molecule is CCOC(=O)C1CCCc2sc(C(F)(F)F)nc21. The number of hydrogen-bond donors (Lipinski definition) is 0. The number of esters is 1. The van der Waals surface area contributed by atoms with Crippen LogP contribution in [-0.4, -0.2) is 17.6 Å². The summed E-state index contributed by atoms with van der Waals surface area (Å²) >= 11 is 0.638. The Morgan fingerprint density at radius 2 is 2.28 bits per heavy atom. The van der Waals surface area contributed by atoms with Gasteiger partial charge in [-0.05, 0) is 26.2 Å². The van der Waals surface area contributed by atoms with Gasteiger partial charge in [0.25, 0.3) is 0 Å². The van der Waals surface area contributed by atoms with Crippen LogP contribution in [0, 0.1) is 0 Å². The van der Waals surface area contributed by atoms with Crippen molar-refractivity contribution < 1.29 is 22.7 Å². The van der Waals surface area contributed by atoms with Crippen LogP contribution in [0.4, 0.5) is 13.2 Å². The average molecular weight is 279 g/mol. The molecule has 0 N–H and O–H groups in total. The maximum atomic E-state index is 12.6. The molecule has 1 aromatic heterocycles. The van der Waals surface area contributed by atoms with Crippen LogP contribution >= 0.6 is 11.3 Å². The highest BCUT2D eigenvalue weighted by molar-refractivity contribution is 7.11. The van der Waals surface area contributed by atoms with Crippen LogP contribution in [0.3, 0.4) is 0 Å². The summed E-state index contributed by atoms with van der Waals surface area (Å²) in [4.78, 5) is 15.8. The number of carbonyl (C=O) groups is 1. The minimum absolute atomic E-state index is 0.223. The molecule has 0 radical (unpaired) electrons. The fourth-order valence-corrected chi connectivity index (χ4v) is 3.04. The van der Waals surface area contributed by atoms with E-state index in [9.17, 15) is 18.0 Å². The maximum Gasteiger partial charge on any atom is 0.443 e. The van der Waals surface area contributed by atoms with Gasteiger partial charge in [-0.2, -0.15) is 13.2 Å². The minimum Gasteiger partial charge on any atom is -0.465 e. The Morgan fingerprint density at radius 3 is 2.89 bits per heavy atom. The van der Waals surface area contributed by atoms with E-state index in [-0.39, 0.29) is 12.3 Å². The van der Waals surface area contributed by atoms with Gasteiger partial charge in [0.1, 0.15) is 5.92 Å². The standard InChI is InChI=1S/C11H12F3NO2S/c1-2-17-9(16)6-4-3-5-7-8(6)15-10(18-7)11(12,13)14/h6H,2-5H2,1H3. The normalized spacial score (nSPS) is 19.4. The summed E-state index contributed by atoms with van der Waals surface area (Å²) in [5, 5.41) is -0.872. The topological polar surface area (TPSA) is 39.2 Å². The first-order valence-electron chi connectivity index (χ1n) is 5.67. The minimum atomic E-state index is -4.44. The number of rotatable bonds is 2. The predicted octanol–water partition coefficient (Wildman–Crippen LogP) is 3.14. The highest BCUT2D eigenvalue weighted by Gasteiger charge is 2.39. The Bertz CT molecular complexity index is 456. The summed E-state index contributed by atoms with van der Waals surface area (Å²) in [7, 11) is 0. The summed E-state index contributed by atoms with van der Waals surface area (Å²) < 4.78 is 42.6. The van der Waals surface area contributed by atoms with Crippen molar-refractivity contribution in [2.24, 2.45) is 0 Å². The fourth-order valence-electron chi connectivity index (χ4n) is 2.01. The van der Waals surface area contributed by atoms with Crippen LogP contribution in [0.1, 0.15) is 41.3 Å². The van der Waals surface area contributed by atoms with Crippen molar-refractivity contribution in [3.63, 3.8) is 0 Å². The first-order valence-corrected chi connectivity index (χ1v) is 6.48. The molecule has 0 saturated heterocycles. The van der Waals surface area contributed by atoms with Gasteiger partial charge < -0.3 is 4.74 Å². The molecule has 3 nitrogen and oxygen atoms in total. The van der Waals surface area contributed by atoms with Crippen LogP contribution in [-0.2, 0) is 22.1 Å². The molecule has 1 atom stereocenters. The summed E-state index contributed by atoms with van der Waals surface area (Å²) in [6.45, 7) is 1.89. The number of nitrogens with zero attached hydrogens (tertiary/aromatic N) is 1. The number of carbonyl (C=O) groups excluding carboxylic acids is 1. The molecular formula is C11H12F3NO2S. The Balaban J connectivity index is 2.32. The van der Waals surface area contributed by atoms with E-state index in [1.54, 1.807) is 6.92 Å². The highest BCUT2D eigenvalue weighted by atomic mass is 32.1. The summed E-state index contributed by atoms with van der Waals surface area (Å²) in [6, 6.07) is 0. The van der Waals surface area contributed by atoms with Gasteiger partial charge in [-0.15, -0.1) is 11.3 Å². The van der Waals surface area contributed by atoms with E-state index in [0.717, 1.165) is 0 Å². The van der Waals surface area contributed by atoms with Gasteiger partial charge in [0.05, 0.1) is 12.3 Å². The lowest BCUT2D eigenvalue weighted by Gasteiger charge is -2.19. The molecule has 0 spiro atoms. The Labute approximate surface area is 106 Å². The average Bonchev–Trinajstić information content (AvgIpc) is 2.72. The van der Waals surface area contributed by atoms with Gasteiger partial charge in [-0.1, -0.05) is 0 Å². The van der Waals surface area contributed by atoms with Gasteiger partial charge in [0, 0.05) is 4.88 Å². The second-order valence-electron chi connectivity index (χ2n) is 4.02. The van der Waals surface area contributed by atoms with E-state index >= 15 is 0 Å². The van der Waals surface area contributed by atoms with E-state index in [2.05, 4.69) is 4.98 Å². The number of halogens is 3. The van der Waals surface area contributed by atoms with Crippen LogP contribution in [0.5, 0.6) is 0 Å². The number of alkyl halides is 3. The van der Waals surface area contributed by atoms with Crippen molar-refractivity contribution in [3.8, 4) is 0 Å². The number of hydrogen-bond acceptors (Lipinski definition) is 4. The van der Waals surface area contributed by atoms with E-state index in [0.29, 0.717) is 35.5 Å². The zero-order chi connectivity index (χ0) is 13.3. The molecule has 0 bridgehead atoms. The summed E-state index contributed by atoms with van der Waals surface area (Å²) in [5.41, 5.74) is 0.261. The number of aryl methyl sites for hydroxylation is 1. The first-order chi connectivity index (χ1) is 8.43. The first kappa shape index (κ1) is 13.3. The Hall–Kier alpha value is -1.11. The van der Waals surface area contributed by atoms with Crippen molar-refractivity contribution in [1.29, 1.82) is 0 Å². The van der Waals surface area contributed by atoms with Crippen molar-refractivity contribution in [1.82, 2.24) is 4.98 Å². The van der Waals surface area contributed by atoms with E-state index < -0.39 is 23.1 Å². The van der Waals surface area contributed by atoms with Crippen LogP contribution in [0.2, 0.25) is 0 Å². The van der Waals surface area contributed by atoms with E-state index in [1.165, 1.54) is 0 Å². The molecule has 0 fully saturated rings. The lowest BCUT2D eigenvalue weighted by atomic mass is 9.91. The molecule has 2 rings (SSSR count). The zero-order valence-electron chi connectivity index (χ0n) is 9.71. The molecule has 1 aliphatic carbocycles. The monoisotopic (exact) mass is 279 g/mol. The quantitative estimate of drug-likeness (QED) is 0.781. The highest BCUT2D eigenvalue weighted by Crippen LogP contribution is 2.40. The molecule has 18 heavy (non-hydrogen) atoms. The molecule has 1 aliphatic rings. The smallest absolute Gasteiger partial charge is 0.443 e. The van der Waals surface area contributed by atoms with Gasteiger partial charge in [0.2, 0.25) is 0 Å². The van der Waals surface area contributed by atoms with Crippen molar-refractivity contribution in [2.45, 2.75) is 38.3 Å². The number of aromatic nitrogens is 1. The van der Waals surface area contributed by atoms with Gasteiger partial charge >= 0.3 is 12.1 Å². The van der Waals surface area contributed by atoms with Crippen LogP contribution < -0.4 is 0 Å². The molecule has 1 aromatic rings. The summed E-state index contributed by atoms with van der Waals surface area (Å²) in [5.74, 6) is -1.11. The Kier molecular flexibility index (Phi) is 3.61. The second kappa shape index (κ2) is 4.87. The van der Waals surface area contributed by atoms with Crippen molar-refractivity contribution in [3.05, 3.63) is 15.6 Å². The van der Waals surface area contributed by atoms with Gasteiger partial charge in [0.15, 0.2) is 5.01 Å². The third-order valence-corrected chi connectivity index (χ3v) is 3.94. The molecule has 0 amide bonds. The molecule has 7 heteroatoms. The predicted molar refractivity (Wildman–Crippen MR) is 59.4 cm³/mol. The lowest BCUT2D eigenvalue weighted by Crippen LogP contribution is -2.20. The van der Waals surface area contributed by atoms with Crippen LogP contribution in [0.15, 0.2) is 0 Å². The molecule has 1 unspecified atom stereocenters. The molecule has 1 heterocycles. The van der Waals surface area contributed by atoms with Gasteiger partial charge in [-0.3, -0.25) is 4.79 Å². The maximum absolute atomic E-state index is 12.6. The van der Waals surface area contributed by atoms with E-state index in [4.69, 9.17) is 4.74 Å². The van der Waals surface area contributed by atoms with Crippen molar-refractivity contribution in [2.75, 3.05) is 6.61 Å². The molecule has 0 aliphatic heterocycles. The number of thiazole rings is 1. The van der Waals surface area contributed by atoms with Crippen LogP contribution in [0.25, 0.3) is 0 Å². The number of fused-ring (bicyclic) bond motifs is 1. The second-order valence-corrected chi connectivity index (χ2v) is 5.11. The molecule has 0 aromatic carbocycles. The van der Waals surface area contributed by atoms with Crippen molar-refractivity contribution >= 4 is 17.3 Å². The number of ether oxygens (including phenoxy) is 1. The molecule has 0 saturated carbocycles. The van der Waals surface area contributed by atoms with Gasteiger partial charge in [-0.25, -0.2) is 4.98 Å². The lowest BCUT2D eigenvalue weighted by molar-refractivity contribution is -0.146. The molecular weight excluding hydrogens is 267 g/mol. The fraction of sp³-hybridized carbons (Fsp3) is 0.636. The van der Waals surface area contributed by atoms with E-state index in [1.807, 2.05) is 0 Å². The largest absolute Gasteiger partial charge is 0.465 e. The third-order valence-electron chi connectivity index (χ3n) is 2.77. The zero-order valence-corrected chi connectivity index (χ0v) is 10.5.